The molecular weight excluding hydrogens is 381 g/mol. The van der Waals surface area contributed by atoms with Gasteiger partial charge < -0.3 is 14.8 Å². The molecule has 4 rings (SSSR count). The lowest BCUT2D eigenvalue weighted by atomic mass is 10.0. The number of hydrogen-bond acceptors (Lipinski definition) is 3. The van der Waals surface area contributed by atoms with Gasteiger partial charge in [-0.1, -0.05) is 60.7 Å². The smallest absolute Gasteiger partial charge is 0.223 e. The Morgan fingerprint density at radius 1 is 0.867 bits per heavy atom. The molecule has 5 heteroatoms. The van der Waals surface area contributed by atoms with Crippen LogP contribution in [0.2, 0.25) is 0 Å². The second-order valence-corrected chi connectivity index (χ2v) is 7.04. The zero-order chi connectivity index (χ0) is 21.1. The molecule has 4 aromatic rings. The third-order valence-corrected chi connectivity index (χ3v) is 5.01. The van der Waals surface area contributed by atoms with E-state index < -0.39 is 23.1 Å². The standard InChI is InChI=1S/C25H20FNO3/c26-22-12-5-4-11-21(22)23(28)14-20-15-24(29)25(30)16-27(20)19-10-6-9-18(13-19)17-7-2-1-3-8-17/h1-13,15-16,23,28,30H,14H2. The van der Waals surface area contributed by atoms with Crippen molar-refractivity contribution >= 4 is 0 Å². The summed E-state index contributed by atoms with van der Waals surface area (Å²) in [6, 6.07) is 24.7. The number of aromatic nitrogens is 1. The molecule has 0 amide bonds. The molecule has 1 aromatic heterocycles. The molecule has 3 aromatic carbocycles. The Kier molecular flexibility index (Phi) is 5.46. The highest BCUT2D eigenvalue weighted by molar-refractivity contribution is 5.66. The second kappa shape index (κ2) is 8.35. The molecule has 1 unspecified atom stereocenters. The van der Waals surface area contributed by atoms with Crippen molar-refractivity contribution in [1.29, 1.82) is 0 Å². The van der Waals surface area contributed by atoms with E-state index in [2.05, 4.69) is 0 Å². The van der Waals surface area contributed by atoms with E-state index >= 15 is 0 Å². The van der Waals surface area contributed by atoms with Gasteiger partial charge in [-0.3, -0.25) is 4.79 Å². The normalized spacial score (nSPS) is 11.9. The van der Waals surface area contributed by atoms with Crippen LogP contribution in [0.4, 0.5) is 4.39 Å². The van der Waals surface area contributed by atoms with Gasteiger partial charge in [0.25, 0.3) is 0 Å². The van der Waals surface area contributed by atoms with Gasteiger partial charge in [0.2, 0.25) is 5.43 Å². The van der Waals surface area contributed by atoms with Gasteiger partial charge in [-0.05, 0) is 29.3 Å². The summed E-state index contributed by atoms with van der Waals surface area (Å²) in [6.45, 7) is 0. The summed E-state index contributed by atoms with van der Waals surface area (Å²) >= 11 is 0. The highest BCUT2D eigenvalue weighted by Gasteiger charge is 2.17. The molecule has 0 aliphatic rings. The predicted octanol–water partition coefficient (Wildman–Crippen LogP) is 4.63. The van der Waals surface area contributed by atoms with E-state index in [4.69, 9.17) is 0 Å². The highest BCUT2D eigenvalue weighted by atomic mass is 19.1. The average Bonchev–Trinajstić information content (AvgIpc) is 2.77. The maximum atomic E-state index is 14.1. The van der Waals surface area contributed by atoms with Crippen LogP contribution in [0.25, 0.3) is 16.8 Å². The Labute approximate surface area is 173 Å². The van der Waals surface area contributed by atoms with Gasteiger partial charge in [-0.25, -0.2) is 4.39 Å². The van der Waals surface area contributed by atoms with Crippen molar-refractivity contribution in [2.24, 2.45) is 0 Å². The number of nitrogens with zero attached hydrogens (tertiary/aromatic N) is 1. The van der Waals surface area contributed by atoms with Gasteiger partial charge >= 0.3 is 0 Å². The molecule has 0 bridgehead atoms. The van der Waals surface area contributed by atoms with Crippen molar-refractivity contribution in [3.8, 4) is 22.6 Å². The van der Waals surface area contributed by atoms with Crippen molar-refractivity contribution in [3.63, 3.8) is 0 Å². The quantitative estimate of drug-likeness (QED) is 0.513. The van der Waals surface area contributed by atoms with Gasteiger partial charge in [-0.15, -0.1) is 0 Å². The third-order valence-electron chi connectivity index (χ3n) is 5.01. The van der Waals surface area contributed by atoms with Crippen molar-refractivity contribution in [3.05, 3.63) is 118 Å². The maximum Gasteiger partial charge on any atom is 0.223 e. The topological polar surface area (TPSA) is 62.5 Å². The number of benzene rings is 3. The molecule has 0 saturated heterocycles. The van der Waals surface area contributed by atoms with Crippen LogP contribution in [0.1, 0.15) is 17.4 Å². The van der Waals surface area contributed by atoms with Crippen LogP contribution in [-0.2, 0) is 6.42 Å². The Bertz CT molecular complexity index is 1230. The van der Waals surface area contributed by atoms with Gasteiger partial charge in [0.1, 0.15) is 5.82 Å². The van der Waals surface area contributed by atoms with E-state index in [1.807, 2.05) is 54.6 Å². The summed E-state index contributed by atoms with van der Waals surface area (Å²) in [4.78, 5) is 12.1. The minimum atomic E-state index is -1.14. The van der Waals surface area contributed by atoms with Crippen LogP contribution in [-0.4, -0.2) is 14.8 Å². The number of pyridine rings is 1. The SMILES string of the molecule is O=c1cc(CC(O)c2ccccc2F)n(-c2cccc(-c3ccccc3)c2)cc1O. The van der Waals surface area contributed by atoms with Crippen molar-refractivity contribution in [2.75, 3.05) is 0 Å². The largest absolute Gasteiger partial charge is 0.503 e. The first-order valence-corrected chi connectivity index (χ1v) is 9.56. The van der Waals surface area contributed by atoms with Crippen molar-refractivity contribution in [1.82, 2.24) is 4.57 Å². The molecule has 0 aliphatic heterocycles. The van der Waals surface area contributed by atoms with E-state index in [1.54, 1.807) is 16.7 Å². The minimum Gasteiger partial charge on any atom is -0.503 e. The summed E-state index contributed by atoms with van der Waals surface area (Å²) in [6.07, 6.45) is 0.195. The highest BCUT2D eigenvalue weighted by Crippen LogP contribution is 2.26. The Morgan fingerprint density at radius 2 is 1.57 bits per heavy atom. The molecule has 150 valence electrons. The monoisotopic (exact) mass is 401 g/mol. The zero-order valence-corrected chi connectivity index (χ0v) is 16.1. The molecule has 1 atom stereocenters. The van der Waals surface area contributed by atoms with Crippen LogP contribution < -0.4 is 5.43 Å². The third kappa shape index (κ3) is 4.02. The van der Waals surface area contributed by atoms with Crippen LogP contribution in [0.5, 0.6) is 5.75 Å². The lowest BCUT2D eigenvalue weighted by Crippen LogP contribution is -2.14. The van der Waals surface area contributed by atoms with E-state index in [1.165, 1.54) is 24.4 Å². The fraction of sp³-hybridized carbons (Fsp3) is 0.0800. The van der Waals surface area contributed by atoms with Crippen molar-refractivity contribution < 1.29 is 14.6 Å². The molecule has 2 N–H and O–H groups in total. The predicted molar refractivity (Wildman–Crippen MR) is 114 cm³/mol. The molecule has 30 heavy (non-hydrogen) atoms. The van der Waals surface area contributed by atoms with E-state index in [0.29, 0.717) is 11.4 Å². The van der Waals surface area contributed by atoms with Gasteiger partial charge in [0.05, 0.1) is 12.3 Å². The second-order valence-electron chi connectivity index (χ2n) is 7.04. The first kappa shape index (κ1) is 19.6. The summed E-state index contributed by atoms with van der Waals surface area (Å²) in [7, 11) is 0. The van der Waals surface area contributed by atoms with E-state index in [9.17, 15) is 19.4 Å². The van der Waals surface area contributed by atoms with Crippen molar-refractivity contribution in [2.45, 2.75) is 12.5 Å². The average molecular weight is 401 g/mol. The summed E-state index contributed by atoms with van der Waals surface area (Å²) in [5, 5.41) is 20.6. The number of aliphatic hydroxyl groups is 1. The lowest BCUT2D eigenvalue weighted by Gasteiger charge is -2.18. The summed E-state index contributed by atoms with van der Waals surface area (Å²) in [5.74, 6) is -0.909. The summed E-state index contributed by atoms with van der Waals surface area (Å²) in [5.41, 5.74) is 2.76. The maximum absolute atomic E-state index is 14.1. The molecule has 0 radical (unpaired) electrons. The molecule has 0 saturated carbocycles. The zero-order valence-electron chi connectivity index (χ0n) is 16.1. The van der Waals surface area contributed by atoms with E-state index in [-0.39, 0.29) is 12.0 Å². The summed E-state index contributed by atoms with van der Waals surface area (Å²) < 4.78 is 15.7. The molecule has 1 heterocycles. The first-order chi connectivity index (χ1) is 14.5. The number of aromatic hydroxyl groups is 1. The minimum absolute atomic E-state index is 0.00597. The number of aliphatic hydroxyl groups excluding tert-OH is 1. The Morgan fingerprint density at radius 3 is 2.33 bits per heavy atom. The molecule has 0 spiro atoms. The van der Waals surface area contributed by atoms with Gasteiger partial charge in [-0.2, -0.15) is 0 Å². The Balaban J connectivity index is 1.77. The number of rotatable bonds is 5. The molecule has 0 fully saturated rings. The van der Waals surface area contributed by atoms with Crippen LogP contribution in [0.3, 0.4) is 0 Å². The van der Waals surface area contributed by atoms with Crippen LogP contribution in [0.15, 0.2) is 95.9 Å². The molecule has 4 nitrogen and oxygen atoms in total. The van der Waals surface area contributed by atoms with Crippen LogP contribution >= 0.6 is 0 Å². The number of hydrogen-bond donors (Lipinski definition) is 2. The van der Waals surface area contributed by atoms with Crippen LogP contribution in [0, 0.1) is 5.82 Å². The molecule has 0 aliphatic carbocycles. The van der Waals surface area contributed by atoms with Gasteiger partial charge in [0, 0.05) is 29.4 Å². The van der Waals surface area contributed by atoms with Gasteiger partial charge in [0.15, 0.2) is 5.75 Å². The Hall–Kier alpha value is -3.70. The van der Waals surface area contributed by atoms with E-state index in [0.717, 1.165) is 11.1 Å². The fourth-order valence-corrected chi connectivity index (χ4v) is 3.48. The number of halogens is 1. The lowest BCUT2D eigenvalue weighted by molar-refractivity contribution is 0.171. The first-order valence-electron chi connectivity index (χ1n) is 9.56. The fourth-order valence-electron chi connectivity index (χ4n) is 3.48. The molecular formula is C25H20FNO3.